The third-order valence-corrected chi connectivity index (χ3v) is 4.34. The molecule has 0 saturated heterocycles. The van der Waals surface area contributed by atoms with Crippen LogP contribution in [0.1, 0.15) is 30.4 Å². The molecule has 1 aliphatic rings. The number of carbonyl (C=O) groups is 1. The van der Waals surface area contributed by atoms with E-state index in [4.69, 9.17) is 9.84 Å². The lowest BCUT2D eigenvalue weighted by Gasteiger charge is -2.21. The summed E-state index contributed by atoms with van der Waals surface area (Å²) in [7, 11) is 1.65. The van der Waals surface area contributed by atoms with Gasteiger partial charge in [-0.1, -0.05) is 12.1 Å². The number of fused-ring (bicyclic) bond motifs is 3. The topological polar surface area (TPSA) is 81.4 Å². The Balaban J connectivity index is 1.91. The predicted octanol–water partition coefficient (Wildman–Crippen LogP) is 2.27. The minimum atomic E-state index is -0.818. The van der Waals surface area contributed by atoms with Crippen LogP contribution >= 0.6 is 0 Å². The number of hydrogen-bond donors (Lipinski definition) is 1. The summed E-state index contributed by atoms with van der Waals surface area (Å²) in [5.41, 5.74) is 3.79. The van der Waals surface area contributed by atoms with Gasteiger partial charge in [0.05, 0.1) is 12.8 Å². The van der Waals surface area contributed by atoms with E-state index in [1.807, 2.05) is 18.2 Å². The van der Waals surface area contributed by atoms with Gasteiger partial charge < -0.3 is 9.84 Å². The smallest absolute Gasteiger partial charge is 0.303 e. The third-order valence-electron chi connectivity index (χ3n) is 4.34. The van der Waals surface area contributed by atoms with E-state index in [1.165, 1.54) is 4.68 Å². The molecule has 1 aromatic heterocycles. The van der Waals surface area contributed by atoms with Gasteiger partial charge in [0, 0.05) is 30.2 Å². The normalized spacial score (nSPS) is 12.4. The Bertz CT molecular complexity index is 826. The Morgan fingerprint density at radius 1 is 1.33 bits per heavy atom. The Labute approximate surface area is 139 Å². The number of methoxy groups -OCH3 is 1. The molecule has 0 aliphatic heterocycles. The molecule has 0 spiro atoms. The molecule has 2 aromatic rings. The second kappa shape index (κ2) is 6.86. The summed E-state index contributed by atoms with van der Waals surface area (Å²) in [5, 5.41) is 13.2. The van der Waals surface area contributed by atoms with Crippen molar-refractivity contribution in [3.05, 3.63) is 45.7 Å². The fraction of sp³-hybridized carbons (Fsp3) is 0.389. The van der Waals surface area contributed by atoms with Crippen molar-refractivity contribution in [3.8, 4) is 17.0 Å². The highest BCUT2D eigenvalue weighted by Gasteiger charge is 2.21. The van der Waals surface area contributed by atoms with Gasteiger partial charge in [0.1, 0.15) is 5.75 Å². The Kier molecular flexibility index (Phi) is 4.64. The molecule has 0 unspecified atom stereocenters. The van der Waals surface area contributed by atoms with Crippen LogP contribution in [-0.4, -0.2) is 28.0 Å². The van der Waals surface area contributed by atoms with Gasteiger partial charge in [-0.2, -0.15) is 5.10 Å². The number of benzene rings is 1. The number of hydrogen-bond acceptors (Lipinski definition) is 4. The van der Waals surface area contributed by atoms with E-state index in [-0.39, 0.29) is 12.0 Å². The van der Waals surface area contributed by atoms with Crippen LogP contribution in [0.25, 0.3) is 11.3 Å². The van der Waals surface area contributed by atoms with Crippen LogP contribution in [0.4, 0.5) is 0 Å². The second-order valence-electron chi connectivity index (χ2n) is 5.92. The highest BCUT2D eigenvalue weighted by Crippen LogP contribution is 2.36. The molecule has 6 nitrogen and oxygen atoms in total. The molecule has 0 amide bonds. The lowest BCUT2D eigenvalue weighted by molar-refractivity contribution is -0.137. The van der Waals surface area contributed by atoms with Crippen LogP contribution in [0.3, 0.4) is 0 Å². The maximum absolute atomic E-state index is 12.2. The Hall–Kier alpha value is -2.63. The number of carboxylic acids is 1. The van der Waals surface area contributed by atoms with Gasteiger partial charge >= 0.3 is 5.97 Å². The maximum atomic E-state index is 12.2. The highest BCUT2D eigenvalue weighted by atomic mass is 16.5. The van der Waals surface area contributed by atoms with E-state index in [1.54, 1.807) is 13.2 Å². The summed E-state index contributed by atoms with van der Waals surface area (Å²) in [6, 6.07) is 7.52. The molecule has 0 bridgehead atoms. The van der Waals surface area contributed by atoms with Crippen LogP contribution in [-0.2, 0) is 24.2 Å². The molecule has 1 heterocycles. The Morgan fingerprint density at radius 2 is 2.17 bits per heavy atom. The first kappa shape index (κ1) is 16.2. The fourth-order valence-corrected chi connectivity index (χ4v) is 3.14. The molecule has 0 saturated carbocycles. The molecule has 24 heavy (non-hydrogen) atoms. The van der Waals surface area contributed by atoms with Gasteiger partial charge in [-0.3, -0.25) is 9.59 Å². The van der Waals surface area contributed by atoms with Gasteiger partial charge in [0.25, 0.3) is 5.56 Å². The van der Waals surface area contributed by atoms with Gasteiger partial charge in [-0.25, -0.2) is 4.68 Å². The lowest BCUT2D eigenvalue weighted by Crippen LogP contribution is -2.25. The fourth-order valence-electron chi connectivity index (χ4n) is 3.14. The first-order valence-electron chi connectivity index (χ1n) is 8.09. The predicted molar refractivity (Wildman–Crippen MR) is 89.4 cm³/mol. The molecule has 6 heteroatoms. The monoisotopic (exact) mass is 328 g/mol. The number of nitrogens with zero attached hydrogens (tertiary/aromatic N) is 2. The number of aromatic nitrogens is 2. The van der Waals surface area contributed by atoms with E-state index in [9.17, 15) is 9.59 Å². The molecule has 1 aromatic carbocycles. The summed E-state index contributed by atoms with van der Waals surface area (Å²) in [6.07, 6.45) is 2.86. The first-order chi connectivity index (χ1) is 11.6. The van der Waals surface area contributed by atoms with Crippen molar-refractivity contribution < 1.29 is 14.6 Å². The van der Waals surface area contributed by atoms with E-state index in [2.05, 4.69) is 5.10 Å². The van der Waals surface area contributed by atoms with Gasteiger partial charge in [0.15, 0.2) is 0 Å². The zero-order valence-corrected chi connectivity index (χ0v) is 13.6. The number of aryl methyl sites for hydroxylation is 2. The quantitative estimate of drug-likeness (QED) is 0.823. The van der Waals surface area contributed by atoms with Gasteiger partial charge in [0.2, 0.25) is 0 Å². The number of aliphatic carboxylic acids is 1. The average molecular weight is 328 g/mol. The van der Waals surface area contributed by atoms with Crippen molar-refractivity contribution in [2.24, 2.45) is 0 Å². The molecule has 1 N–H and O–H groups in total. The van der Waals surface area contributed by atoms with E-state index < -0.39 is 5.97 Å². The number of carboxylic acid groups (broad SMARTS) is 1. The molecule has 0 fully saturated rings. The molecule has 0 atom stereocenters. The Morgan fingerprint density at radius 3 is 2.92 bits per heavy atom. The number of unbranched alkanes of at least 4 members (excludes halogenated alkanes) is 1. The van der Waals surface area contributed by atoms with Crippen LogP contribution < -0.4 is 10.3 Å². The van der Waals surface area contributed by atoms with Crippen molar-refractivity contribution in [2.45, 2.75) is 38.6 Å². The standard InChI is InChI=1S/C18H20N2O4/c1-24-15-6-4-5-14-13(15)9-8-12-11-16(21)20(19-18(12)14)10-3-2-7-17(22)23/h4-6,11H,2-3,7-10H2,1H3,(H,22,23). The lowest BCUT2D eigenvalue weighted by atomic mass is 9.89. The number of rotatable bonds is 6. The molecule has 0 radical (unpaired) electrons. The van der Waals surface area contributed by atoms with Crippen molar-refractivity contribution in [2.75, 3.05) is 7.11 Å². The summed E-state index contributed by atoms with van der Waals surface area (Å²) in [5.74, 6) is 0.0286. The van der Waals surface area contributed by atoms with E-state index in [0.717, 1.165) is 41.0 Å². The molecule has 1 aliphatic carbocycles. The van der Waals surface area contributed by atoms with Crippen LogP contribution in [0, 0.1) is 0 Å². The minimum absolute atomic E-state index is 0.111. The molecule has 126 valence electrons. The summed E-state index contributed by atoms with van der Waals surface area (Å²) in [6.45, 7) is 0.429. The van der Waals surface area contributed by atoms with Gasteiger partial charge in [-0.15, -0.1) is 0 Å². The summed E-state index contributed by atoms with van der Waals surface area (Å²) >= 11 is 0. The molecular weight excluding hydrogens is 308 g/mol. The van der Waals surface area contributed by atoms with Crippen LogP contribution in [0.5, 0.6) is 5.75 Å². The van der Waals surface area contributed by atoms with E-state index >= 15 is 0 Å². The minimum Gasteiger partial charge on any atom is -0.496 e. The third kappa shape index (κ3) is 3.18. The SMILES string of the molecule is COc1cccc2c1CCc1cc(=O)n(CCCCC(=O)O)nc1-2. The van der Waals surface area contributed by atoms with Gasteiger partial charge in [-0.05, 0) is 37.3 Å². The molecule has 3 rings (SSSR count). The maximum Gasteiger partial charge on any atom is 0.303 e. The number of ether oxygens (including phenoxy) is 1. The van der Waals surface area contributed by atoms with Crippen molar-refractivity contribution in [3.63, 3.8) is 0 Å². The van der Waals surface area contributed by atoms with Crippen molar-refractivity contribution in [1.29, 1.82) is 0 Å². The van der Waals surface area contributed by atoms with Crippen LogP contribution in [0.2, 0.25) is 0 Å². The first-order valence-corrected chi connectivity index (χ1v) is 8.09. The summed E-state index contributed by atoms with van der Waals surface area (Å²) in [4.78, 5) is 22.8. The largest absolute Gasteiger partial charge is 0.496 e. The van der Waals surface area contributed by atoms with E-state index in [0.29, 0.717) is 19.4 Å². The average Bonchev–Trinajstić information content (AvgIpc) is 2.58. The highest BCUT2D eigenvalue weighted by molar-refractivity contribution is 5.71. The van der Waals surface area contributed by atoms with Crippen molar-refractivity contribution >= 4 is 5.97 Å². The zero-order chi connectivity index (χ0) is 17.1. The van der Waals surface area contributed by atoms with Crippen LogP contribution in [0.15, 0.2) is 29.1 Å². The molecular formula is C18H20N2O4. The summed E-state index contributed by atoms with van der Waals surface area (Å²) < 4.78 is 6.87. The second-order valence-corrected chi connectivity index (χ2v) is 5.92. The van der Waals surface area contributed by atoms with Crippen molar-refractivity contribution in [1.82, 2.24) is 9.78 Å². The zero-order valence-electron chi connectivity index (χ0n) is 13.6.